The normalized spacial score (nSPS) is 14.3. The molecule has 2 atom stereocenters. The van der Waals surface area contributed by atoms with Gasteiger partial charge < -0.3 is 11.1 Å². The van der Waals surface area contributed by atoms with Crippen LogP contribution < -0.4 is 16.4 Å². The number of imide groups is 1. The predicted octanol–water partition coefficient (Wildman–Crippen LogP) is -1.07. The van der Waals surface area contributed by atoms with Gasteiger partial charge in [0.05, 0.1) is 6.04 Å². The molecule has 0 aliphatic carbocycles. The molecule has 0 rings (SSSR count). The molecule has 0 fully saturated rings. The van der Waals surface area contributed by atoms with Gasteiger partial charge in [0, 0.05) is 22.8 Å². The van der Waals surface area contributed by atoms with Crippen LogP contribution in [0, 0.1) is 0 Å². The summed E-state index contributed by atoms with van der Waals surface area (Å²) in [5, 5.41) is 4.86. The lowest BCUT2D eigenvalue weighted by molar-refractivity contribution is -0.121. The number of nitrogens with two attached hydrogens (primary N) is 1. The van der Waals surface area contributed by atoms with Gasteiger partial charge in [0.25, 0.3) is 0 Å². The van der Waals surface area contributed by atoms with Crippen molar-refractivity contribution in [3.8, 4) is 0 Å². The third-order valence-electron chi connectivity index (χ3n) is 1.70. The highest BCUT2D eigenvalue weighted by molar-refractivity contribution is 7.84. The van der Waals surface area contributed by atoms with E-state index in [4.69, 9.17) is 5.73 Å². The third-order valence-corrected chi connectivity index (χ3v) is 2.56. The summed E-state index contributed by atoms with van der Waals surface area (Å²) in [4.78, 5) is 21.5. The van der Waals surface area contributed by atoms with Crippen molar-refractivity contribution in [2.75, 3.05) is 18.6 Å². The molecule has 0 saturated carbocycles. The number of rotatable bonds is 6. The van der Waals surface area contributed by atoms with Crippen molar-refractivity contribution in [2.24, 2.45) is 5.73 Å². The first-order chi connectivity index (χ1) is 6.93. The van der Waals surface area contributed by atoms with Crippen LogP contribution in [0.2, 0.25) is 0 Å². The van der Waals surface area contributed by atoms with E-state index < -0.39 is 28.8 Å². The van der Waals surface area contributed by atoms with E-state index in [0.717, 1.165) is 6.42 Å². The van der Waals surface area contributed by atoms with Crippen molar-refractivity contribution in [3.63, 3.8) is 0 Å². The molecule has 0 heterocycles. The van der Waals surface area contributed by atoms with Crippen LogP contribution in [0.5, 0.6) is 0 Å². The molecule has 0 aromatic carbocycles. The van der Waals surface area contributed by atoms with Crippen LogP contribution >= 0.6 is 0 Å². The van der Waals surface area contributed by atoms with E-state index in [1.54, 1.807) is 13.2 Å². The maximum atomic E-state index is 11.1. The number of urea groups is 1. The van der Waals surface area contributed by atoms with Crippen molar-refractivity contribution >= 4 is 22.7 Å². The Hall–Kier alpha value is -0.950. The molecule has 7 heteroatoms. The van der Waals surface area contributed by atoms with E-state index in [0.29, 0.717) is 12.3 Å². The summed E-state index contributed by atoms with van der Waals surface area (Å²) in [7, 11) is -0.815. The van der Waals surface area contributed by atoms with Crippen molar-refractivity contribution in [1.29, 1.82) is 0 Å². The lowest BCUT2D eigenvalue weighted by Gasteiger charge is -2.11. The van der Waals surface area contributed by atoms with Crippen molar-refractivity contribution in [2.45, 2.75) is 19.4 Å². The van der Waals surface area contributed by atoms with Crippen molar-refractivity contribution < 1.29 is 13.8 Å². The average molecular weight is 235 g/mol. The molecular weight excluding hydrogens is 218 g/mol. The van der Waals surface area contributed by atoms with E-state index in [-0.39, 0.29) is 0 Å². The second-order valence-electron chi connectivity index (χ2n) is 3.16. The Labute approximate surface area is 91.4 Å². The Morgan fingerprint density at radius 2 is 2.07 bits per heavy atom. The molecule has 2 unspecified atom stereocenters. The molecule has 88 valence electrons. The number of carbonyl (C=O) groups is 2. The Balaban J connectivity index is 3.64. The van der Waals surface area contributed by atoms with E-state index in [1.165, 1.54) is 0 Å². The Morgan fingerprint density at radius 1 is 1.47 bits per heavy atom. The molecule has 0 spiro atoms. The summed E-state index contributed by atoms with van der Waals surface area (Å²) < 4.78 is 10.7. The smallest absolute Gasteiger partial charge is 0.318 e. The predicted molar refractivity (Wildman–Crippen MR) is 58.7 cm³/mol. The second-order valence-corrected chi connectivity index (χ2v) is 4.71. The van der Waals surface area contributed by atoms with Gasteiger partial charge in [-0.25, -0.2) is 4.79 Å². The molecule has 0 saturated heterocycles. The topological polar surface area (TPSA) is 101 Å². The summed E-state index contributed by atoms with van der Waals surface area (Å²) in [6.07, 6.45) is 2.35. The molecule has 0 aromatic heterocycles. The number of amides is 3. The minimum absolute atomic E-state index is 0.458. The Kier molecular flexibility index (Phi) is 6.89. The summed E-state index contributed by atoms with van der Waals surface area (Å²) in [5.41, 5.74) is 4.79. The first-order valence-electron chi connectivity index (χ1n) is 4.57. The molecule has 0 aliphatic heterocycles. The van der Waals surface area contributed by atoms with Gasteiger partial charge in [-0.2, -0.15) is 0 Å². The van der Waals surface area contributed by atoms with Crippen LogP contribution in [-0.2, 0) is 15.6 Å². The molecule has 3 amide bonds. The van der Waals surface area contributed by atoms with Crippen LogP contribution in [0.1, 0.15) is 13.3 Å². The lowest BCUT2D eigenvalue weighted by atomic mass is 10.3. The largest absolute Gasteiger partial charge is 0.351 e. The number of hydrogen-bond acceptors (Lipinski definition) is 4. The van der Waals surface area contributed by atoms with E-state index in [1.807, 2.05) is 5.32 Å². The van der Waals surface area contributed by atoms with Gasteiger partial charge in [-0.05, 0) is 19.9 Å². The maximum Gasteiger partial charge on any atom is 0.318 e. The zero-order valence-corrected chi connectivity index (χ0v) is 9.73. The molecule has 0 bridgehead atoms. The first-order valence-corrected chi connectivity index (χ1v) is 6.30. The lowest BCUT2D eigenvalue weighted by Crippen LogP contribution is -2.46. The van der Waals surface area contributed by atoms with Crippen LogP contribution in [0.4, 0.5) is 4.79 Å². The highest BCUT2D eigenvalue weighted by Gasteiger charge is 2.12. The molecule has 6 nitrogen and oxygen atoms in total. The third kappa shape index (κ3) is 8.07. The van der Waals surface area contributed by atoms with Gasteiger partial charge in [0.2, 0.25) is 5.91 Å². The van der Waals surface area contributed by atoms with Crippen molar-refractivity contribution in [1.82, 2.24) is 10.6 Å². The zero-order valence-electron chi connectivity index (χ0n) is 8.91. The standard InChI is InChI=1S/C8H17N3O3S/c1-6(7(12)11-8(9)13)10-4-3-5-15(2)14/h6,10H,3-5H2,1-2H3,(H3,9,11,12,13). The number of hydrogen-bond donors (Lipinski definition) is 3. The summed E-state index contributed by atoms with van der Waals surface area (Å²) >= 11 is 0. The van der Waals surface area contributed by atoms with Gasteiger partial charge in [0.1, 0.15) is 0 Å². The highest BCUT2D eigenvalue weighted by atomic mass is 32.2. The summed E-state index contributed by atoms with van der Waals surface area (Å²) in [6.45, 7) is 2.20. The Morgan fingerprint density at radius 3 is 2.53 bits per heavy atom. The summed E-state index contributed by atoms with van der Waals surface area (Å²) in [6, 6.07) is -1.34. The quantitative estimate of drug-likeness (QED) is 0.510. The first kappa shape index (κ1) is 14.1. The van der Waals surface area contributed by atoms with Crippen LogP contribution in [-0.4, -0.2) is 40.7 Å². The maximum absolute atomic E-state index is 11.1. The van der Waals surface area contributed by atoms with Gasteiger partial charge in [-0.3, -0.25) is 14.3 Å². The van der Waals surface area contributed by atoms with Gasteiger partial charge >= 0.3 is 6.03 Å². The zero-order chi connectivity index (χ0) is 11.8. The molecule has 0 aromatic rings. The van der Waals surface area contributed by atoms with E-state index in [9.17, 15) is 13.8 Å². The molecule has 15 heavy (non-hydrogen) atoms. The average Bonchev–Trinajstić information content (AvgIpc) is 2.10. The Bertz CT molecular complexity index is 258. The van der Waals surface area contributed by atoms with Crippen molar-refractivity contribution in [3.05, 3.63) is 0 Å². The molecule has 0 aliphatic rings. The van der Waals surface area contributed by atoms with Gasteiger partial charge in [0.15, 0.2) is 0 Å². The second kappa shape index (κ2) is 7.36. The van der Waals surface area contributed by atoms with E-state index in [2.05, 4.69) is 5.32 Å². The highest BCUT2D eigenvalue weighted by Crippen LogP contribution is 1.85. The van der Waals surface area contributed by atoms with Gasteiger partial charge in [-0.1, -0.05) is 0 Å². The van der Waals surface area contributed by atoms with E-state index >= 15 is 0 Å². The van der Waals surface area contributed by atoms with Gasteiger partial charge in [-0.15, -0.1) is 0 Å². The summed E-state index contributed by atoms with van der Waals surface area (Å²) in [5.74, 6) is 0.136. The monoisotopic (exact) mass is 235 g/mol. The number of carbonyl (C=O) groups excluding carboxylic acids is 2. The molecule has 4 N–H and O–H groups in total. The molecular formula is C8H17N3O3S. The minimum Gasteiger partial charge on any atom is -0.351 e. The fraction of sp³-hybridized carbons (Fsp3) is 0.750. The minimum atomic E-state index is -0.858. The van der Waals surface area contributed by atoms with Crippen LogP contribution in [0.15, 0.2) is 0 Å². The number of nitrogens with one attached hydrogen (secondary N) is 2. The SMILES string of the molecule is CC(NCCCS(C)=O)C(=O)NC(N)=O. The molecule has 0 radical (unpaired) electrons. The number of primary amides is 1. The van der Waals surface area contributed by atoms with Crippen LogP contribution in [0.3, 0.4) is 0 Å². The van der Waals surface area contributed by atoms with Crippen LogP contribution in [0.25, 0.3) is 0 Å². The fourth-order valence-electron chi connectivity index (χ4n) is 0.916. The fourth-order valence-corrected chi connectivity index (χ4v) is 1.47.